The van der Waals surface area contributed by atoms with Gasteiger partial charge in [0.15, 0.2) is 0 Å². The molecule has 1 aromatic rings. The van der Waals surface area contributed by atoms with E-state index in [-0.39, 0.29) is 0 Å². The zero-order valence-electron chi connectivity index (χ0n) is 5.50. The van der Waals surface area contributed by atoms with Crippen LogP contribution in [0.5, 0.6) is 0 Å². The number of nitrogens with zero attached hydrogens (tertiary/aromatic N) is 1. The van der Waals surface area contributed by atoms with E-state index in [2.05, 4.69) is 28.6 Å². The van der Waals surface area contributed by atoms with Crippen LogP contribution in [0.3, 0.4) is 0 Å². The van der Waals surface area contributed by atoms with Crippen LogP contribution in [0, 0.1) is 11.3 Å². The van der Waals surface area contributed by atoms with Crippen LogP contribution < -0.4 is 5.73 Å². The van der Waals surface area contributed by atoms with Crippen LogP contribution in [0.15, 0.2) is 21.5 Å². The molecule has 0 aliphatic rings. The molecule has 0 radical (unpaired) electrons. The summed E-state index contributed by atoms with van der Waals surface area (Å²) >= 11 is 7.29. The topological polar surface area (TPSA) is 49.8 Å². The van der Waals surface area contributed by atoms with Gasteiger partial charge in [-0.2, -0.15) is 5.26 Å². The second-order valence-corrected chi connectivity index (χ2v) is 3.37. The largest absolute Gasteiger partial charge is 0.398 e. The van der Waals surface area contributed by atoms with Gasteiger partial charge in [0, 0.05) is 15.1 Å². The quantitative estimate of drug-likeness (QED) is 0.529. The Bertz CT molecular complexity index is 330. The van der Waals surface area contributed by atoms with Crippen molar-refractivity contribution in [3.63, 3.8) is 0 Å². The lowest BCUT2D eigenvalue weighted by Crippen LogP contribution is -1.89. The van der Waals surface area contributed by atoms with E-state index in [0.29, 0.717) is 16.1 Å². The van der Waals surface area contributed by atoms with Crippen LogP contribution >= 0.6 is 28.6 Å². The van der Waals surface area contributed by atoms with E-state index in [1.165, 1.54) is 0 Å². The average molecular weight is 229 g/mol. The first-order chi connectivity index (χ1) is 5.15. The molecule has 11 heavy (non-hydrogen) atoms. The fourth-order valence-corrected chi connectivity index (χ4v) is 1.36. The van der Waals surface area contributed by atoms with Crippen LogP contribution in [0.2, 0.25) is 0 Å². The molecule has 0 heterocycles. The van der Waals surface area contributed by atoms with E-state index in [0.717, 1.165) is 4.47 Å². The van der Waals surface area contributed by atoms with Gasteiger partial charge < -0.3 is 5.73 Å². The molecule has 0 fully saturated rings. The Morgan fingerprint density at radius 2 is 2.18 bits per heavy atom. The molecule has 0 aromatic heterocycles. The first-order valence-electron chi connectivity index (χ1n) is 2.83. The number of hydrogen-bond acceptors (Lipinski definition) is 3. The maximum absolute atomic E-state index is 8.59. The summed E-state index contributed by atoms with van der Waals surface area (Å²) in [6.45, 7) is 0. The second kappa shape index (κ2) is 3.16. The number of benzene rings is 1. The van der Waals surface area contributed by atoms with Gasteiger partial charge in [0.2, 0.25) is 0 Å². The zero-order chi connectivity index (χ0) is 8.43. The molecule has 0 saturated heterocycles. The molecule has 2 N–H and O–H groups in total. The van der Waals surface area contributed by atoms with Crippen molar-refractivity contribution in [2.45, 2.75) is 4.90 Å². The van der Waals surface area contributed by atoms with E-state index in [1.54, 1.807) is 12.1 Å². The molecule has 0 aliphatic carbocycles. The molecular weight excluding hydrogens is 224 g/mol. The normalized spacial score (nSPS) is 9.18. The van der Waals surface area contributed by atoms with Crippen LogP contribution in [0.1, 0.15) is 5.56 Å². The standard InChI is InChI=1S/C7H5BrN2S/c8-5-1-4(3-9)7(11)6(10)2-5/h1-2,11H,10H2. The minimum Gasteiger partial charge on any atom is -0.398 e. The lowest BCUT2D eigenvalue weighted by Gasteiger charge is -2.00. The Hall–Kier alpha value is -0.660. The molecule has 56 valence electrons. The lowest BCUT2D eigenvalue weighted by atomic mass is 10.2. The number of rotatable bonds is 0. The lowest BCUT2D eigenvalue weighted by molar-refractivity contribution is 1.37. The molecule has 4 heteroatoms. The Labute approximate surface area is 78.6 Å². The fourth-order valence-electron chi connectivity index (χ4n) is 0.706. The highest BCUT2D eigenvalue weighted by Gasteiger charge is 2.02. The summed E-state index contributed by atoms with van der Waals surface area (Å²) in [6.07, 6.45) is 0. The highest BCUT2D eigenvalue weighted by molar-refractivity contribution is 9.10. The van der Waals surface area contributed by atoms with Gasteiger partial charge in [-0.3, -0.25) is 0 Å². The highest BCUT2D eigenvalue weighted by Crippen LogP contribution is 2.25. The molecule has 0 aliphatic heterocycles. The molecule has 0 spiro atoms. The third kappa shape index (κ3) is 1.67. The van der Waals surface area contributed by atoms with Crippen molar-refractivity contribution in [1.29, 1.82) is 5.26 Å². The number of halogens is 1. The monoisotopic (exact) mass is 228 g/mol. The van der Waals surface area contributed by atoms with Crippen molar-refractivity contribution in [2.24, 2.45) is 0 Å². The first-order valence-corrected chi connectivity index (χ1v) is 4.07. The van der Waals surface area contributed by atoms with Crippen LogP contribution in [0.25, 0.3) is 0 Å². The van der Waals surface area contributed by atoms with Gasteiger partial charge >= 0.3 is 0 Å². The van der Waals surface area contributed by atoms with Crippen molar-refractivity contribution in [3.8, 4) is 6.07 Å². The van der Waals surface area contributed by atoms with Gasteiger partial charge in [0.25, 0.3) is 0 Å². The number of anilines is 1. The average Bonchev–Trinajstić information content (AvgIpc) is 1.96. The minimum atomic E-state index is 0.486. The number of thiol groups is 1. The number of nitrogens with two attached hydrogens (primary N) is 1. The molecule has 1 rings (SSSR count). The number of nitriles is 1. The van der Waals surface area contributed by atoms with Crippen molar-refractivity contribution in [2.75, 3.05) is 5.73 Å². The highest BCUT2D eigenvalue weighted by atomic mass is 79.9. The third-order valence-corrected chi connectivity index (χ3v) is 2.18. The van der Waals surface area contributed by atoms with Gasteiger partial charge in [-0.05, 0) is 12.1 Å². The smallest absolute Gasteiger partial charge is 0.100 e. The van der Waals surface area contributed by atoms with Gasteiger partial charge in [-0.25, -0.2) is 0 Å². The van der Waals surface area contributed by atoms with Crippen molar-refractivity contribution in [1.82, 2.24) is 0 Å². The Kier molecular flexibility index (Phi) is 2.42. The molecule has 0 unspecified atom stereocenters. The minimum absolute atomic E-state index is 0.486. The van der Waals surface area contributed by atoms with E-state index in [9.17, 15) is 0 Å². The maximum Gasteiger partial charge on any atom is 0.100 e. The van der Waals surface area contributed by atoms with E-state index < -0.39 is 0 Å². The van der Waals surface area contributed by atoms with Crippen LogP contribution in [-0.2, 0) is 0 Å². The molecule has 2 nitrogen and oxygen atoms in total. The second-order valence-electron chi connectivity index (χ2n) is 2.00. The summed E-state index contributed by atoms with van der Waals surface area (Å²) in [7, 11) is 0. The van der Waals surface area contributed by atoms with Crippen LogP contribution in [0.4, 0.5) is 5.69 Å². The molecule has 0 amide bonds. The van der Waals surface area contributed by atoms with Gasteiger partial charge in [0.1, 0.15) is 6.07 Å². The molecule has 0 saturated carbocycles. The van der Waals surface area contributed by atoms with Crippen molar-refractivity contribution >= 4 is 34.2 Å². The summed E-state index contributed by atoms with van der Waals surface area (Å²) in [5.41, 5.74) is 6.54. The van der Waals surface area contributed by atoms with E-state index >= 15 is 0 Å². The Morgan fingerprint density at radius 3 is 2.73 bits per heavy atom. The van der Waals surface area contributed by atoms with Gasteiger partial charge in [-0.15, -0.1) is 12.6 Å². The molecule has 0 atom stereocenters. The van der Waals surface area contributed by atoms with E-state index in [4.69, 9.17) is 11.0 Å². The van der Waals surface area contributed by atoms with Gasteiger partial charge in [-0.1, -0.05) is 15.9 Å². The van der Waals surface area contributed by atoms with Crippen LogP contribution in [-0.4, -0.2) is 0 Å². The van der Waals surface area contributed by atoms with Gasteiger partial charge in [0.05, 0.1) is 5.56 Å². The Balaban J connectivity index is 3.39. The van der Waals surface area contributed by atoms with E-state index in [1.807, 2.05) is 6.07 Å². The zero-order valence-corrected chi connectivity index (χ0v) is 7.98. The predicted octanol–water partition coefficient (Wildman–Crippen LogP) is 2.19. The Morgan fingerprint density at radius 1 is 1.55 bits per heavy atom. The summed E-state index contributed by atoms with van der Waals surface area (Å²) in [4.78, 5) is 0.538. The van der Waals surface area contributed by atoms with Crippen molar-refractivity contribution < 1.29 is 0 Å². The molecular formula is C7H5BrN2S. The first kappa shape index (κ1) is 8.44. The summed E-state index contributed by atoms with van der Waals surface area (Å²) in [5.74, 6) is 0. The molecule has 1 aromatic carbocycles. The number of nitrogen functional groups attached to an aromatic ring is 1. The maximum atomic E-state index is 8.59. The predicted molar refractivity (Wildman–Crippen MR) is 50.5 cm³/mol. The number of hydrogen-bond donors (Lipinski definition) is 2. The van der Waals surface area contributed by atoms with Crippen molar-refractivity contribution in [3.05, 3.63) is 22.2 Å². The summed E-state index contributed by atoms with van der Waals surface area (Å²) in [5, 5.41) is 8.59. The summed E-state index contributed by atoms with van der Waals surface area (Å²) in [6, 6.07) is 5.38. The SMILES string of the molecule is N#Cc1cc(Br)cc(N)c1S. The fraction of sp³-hybridized carbons (Fsp3) is 0. The molecule has 0 bridgehead atoms. The summed E-state index contributed by atoms with van der Waals surface area (Å²) < 4.78 is 0.796. The third-order valence-electron chi connectivity index (χ3n) is 1.22.